The maximum absolute atomic E-state index is 16.4. The van der Waals surface area contributed by atoms with Crippen LogP contribution in [0.25, 0.3) is 109 Å². The van der Waals surface area contributed by atoms with Crippen LogP contribution in [-0.4, -0.2) is 0 Å². The molecular weight excluding hydrogens is 1560 g/mol. The van der Waals surface area contributed by atoms with Crippen molar-refractivity contribution in [2.24, 2.45) is 0 Å². The minimum atomic E-state index is -0.799. The minimum Gasteiger partial charge on any atom is -0.307 e. The van der Waals surface area contributed by atoms with Crippen molar-refractivity contribution >= 4 is 133 Å². The first kappa shape index (κ1) is 77.0. The summed E-state index contributed by atoms with van der Waals surface area (Å²) in [6, 6.07) is 113. The van der Waals surface area contributed by atoms with Crippen LogP contribution < -0.4 is 19.6 Å². The Morgan fingerprint density at radius 3 is 0.710 bits per heavy atom. The molecule has 0 aliphatic rings. The summed E-state index contributed by atoms with van der Waals surface area (Å²) in [5.74, 6) is -6.28. The molecule has 588 valence electrons. The lowest BCUT2D eigenvalue weighted by Gasteiger charge is -2.30. The molecule has 16 heteroatoms. The van der Waals surface area contributed by atoms with Crippen LogP contribution in [0.4, 0.5) is 103 Å². The number of hydrogen-bond donors (Lipinski definition) is 0. The molecule has 0 radical (unpaired) electrons. The van der Waals surface area contributed by atoms with Crippen LogP contribution in [0.2, 0.25) is 0 Å². The monoisotopic (exact) mass is 1620 g/mol. The maximum atomic E-state index is 16.4. The fourth-order valence-electron chi connectivity index (χ4n) is 17.1. The van der Waals surface area contributed by atoms with Crippen molar-refractivity contribution in [2.45, 2.75) is 0 Å². The van der Waals surface area contributed by atoms with E-state index in [0.29, 0.717) is 78.9 Å². The molecule has 0 amide bonds. The Labute approximate surface area is 706 Å². The average Bonchev–Trinajstić information content (AvgIpc) is 0.719. The van der Waals surface area contributed by atoms with E-state index < -0.39 is 46.5 Å². The lowest BCUT2D eigenvalue weighted by Crippen LogP contribution is -2.14. The quantitative estimate of drug-likeness (QED) is 0.0695. The topological polar surface area (TPSA) is 108 Å². The summed E-state index contributed by atoms with van der Waals surface area (Å²) in [6.07, 6.45) is 0. The predicted octanol–water partition coefficient (Wildman–Crippen LogP) is 30.3. The van der Waals surface area contributed by atoms with Gasteiger partial charge in [0.15, 0.2) is 0 Å². The highest BCUT2D eigenvalue weighted by molar-refractivity contribution is 6.30. The number of rotatable bonds is 16. The molecule has 0 aromatic heterocycles. The summed E-state index contributed by atoms with van der Waals surface area (Å²) < 4.78 is 128. The van der Waals surface area contributed by atoms with E-state index in [1.54, 1.807) is 117 Å². The molecule has 0 heterocycles. The van der Waals surface area contributed by atoms with E-state index in [9.17, 15) is 21.0 Å². The van der Waals surface area contributed by atoms with Crippen LogP contribution in [0.3, 0.4) is 0 Å². The lowest BCUT2D eigenvalue weighted by atomic mass is 9.91. The summed E-state index contributed by atoms with van der Waals surface area (Å²) in [5.41, 5.74) is 8.48. The average molecular weight is 1620 g/mol. The molecule has 0 fully saturated rings. The second kappa shape index (κ2) is 32.1. The zero-order valence-electron chi connectivity index (χ0n) is 65.2. The largest absolute Gasteiger partial charge is 0.307 e. The number of nitriles is 4. The van der Waals surface area contributed by atoms with Crippen molar-refractivity contribution in [2.75, 3.05) is 19.6 Å². The van der Waals surface area contributed by atoms with Crippen LogP contribution in [0.5, 0.6) is 0 Å². The second-order valence-electron chi connectivity index (χ2n) is 29.7. The second-order valence-corrected chi connectivity index (χ2v) is 29.7. The number of para-hydroxylation sites is 4. The van der Waals surface area contributed by atoms with Gasteiger partial charge in [-0.3, -0.25) is 0 Å². The Balaban J connectivity index is 0.000000163. The third-order valence-electron chi connectivity index (χ3n) is 22.6. The van der Waals surface area contributed by atoms with Gasteiger partial charge >= 0.3 is 0 Å². The van der Waals surface area contributed by atoms with Gasteiger partial charge in [-0.1, -0.05) is 206 Å². The van der Waals surface area contributed by atoms with Gasteiger partial charge in [0.25, 0.3) is 0 Å². The van der Waals surface area contributed by atoms with Crippen LogP contribution in [0.15, 0.2) is 364 Å². The van der Waals surface area contributed by atoms with Crippen LogP contribution >= 0.6 is 0 Å². The van der Waals surface area contributed by atoms with Gasteiger partial charge in [-0.15, -0.1) is 0 Å². The summed E-state index contributed by atoms with van der Waals surface area (Å²) in [4.78, 5) is 7.05. The van der Waals surface area contributed by atoms with Crippen molar-refractivity contribution < 1.29 is 35.1 Å². The number of benzene rings is 20. The SMILES string of the molecule is N#Cc1cccc(-c2cc(N(c3ccccc3)c3ccc4ccc5c(N(c6ccccc6)c6cc(-c7cccc(C#N)c7)c(F)cc6F)ccc6ccc3c4c65)c(F)cc2F)c1.N#Cc1ccccc1-c1cc(N(c2ccccc2)c2ccc3ccc4c(N(c5ccccc5)c5cc(-c6ccccc6C#N)c(F)cc5F)ccc5ccc2c3c54)c(F)cc1F. The molecule has 124 heavy (non-hydrogen) atoms. The van der Waals surface area contributed by atoms with E-state index in [4.69, 9.17) is 0 Å². The molecule has 0 unspecified atom stereocenters. The lowest BCUT2D eigenvalue weighted by molar-refractivity contribution is 0.586. The minimum absolute atomic E-state index is 0.0758. The van der Waals surface area contributed by atoms with Gasteiger partial charge in [0.2, 0.25) is 0 Å². The zero-order chi connectivity index (χ0) is 85.0. The van der Waals surface area contributed by atoms with Crippen molar-refractivity contribution in [3.8, 4) is 68.8 Å². The summed E-state index contributed by atoms with van der Waals surface area (Å²) >= 11 is 0. The molecule has 8 nitrogen and oxygen atoms in total. The molecule has 20 aromatic rings. The molecule has 0 bridgehead atoms. The summed E-state index contributed by atoms with van der Waals surface area (Å²) in [5, 5.41) is 49.1. The number of nitrogens with zero attached hydrogens (tertiary/aromatic N) is 8. The van der Waals surface area contributed by atoms with Crippen molar-refractivity contribution in [1.82, 2.24) is 0 Å². The van der Waals surface area contributed by atoms with Crippen molar-refractivity contribution in [3.05, 3.63) is 433 Å². The number of anilines is 12. The normalized spacial score (nSPS) is 11.2. The molecule has 0 N–H and O–H groups in total. The molecule has 0 saturated carbocycles. The highest BCUT2D eigenvalue weighted by Crippen LogP contribution is 2.53. The first-order chi connectivity index (χ1) is 60.6. The molecular formula is C108H60F8N8. The maximum Gasteiger partial charge on any atom is 0.150 e. The molecule has 0 spiro atoms. The van der Waals surface area contributed by atoms with E-state index in [2.05, 4.69) is 24.3 Å². The van der Waals surface area contributed by atoms with Crippen molar-refractivity contribution in [1.29, 1.82) is 21.0 Å². The third-order valence-corrected chi connectivity index (χ3v) is 22.6. The molecule has 0 aliphatic carbocycles. The first-order valence-electron chi connectivity index (χ1n) is 39.4. The first-order valence-corrected chi connectivity index (χ1v) is 39.4. The van der Waals surface area contributed by atoms with E-state index in [1.807, 2.05) is 218 Å². The molecule has 0 aliphatic heterocycles. The third kappa shape index (κ3) is 13.6. The van der Waals surface area contributed by atoms with Crippen LogP contribution in [0, 0.1) is 91.9 Å². The van der Waals surface area contributed by atoms with Gasteiger partial charge in [0.05, 0.1) is 92.0 Å². The fraction of sp³-hybridized carbons (Fsp3) is 0. The molecule has 20 aromatic carbocycles. The van der Waals surface area contributed by atoms with Gasteiger partial charge in [-0.25, -0.2) is 35.1 Å². The zero-order valence-corrected chi connectivity index (χ0v) is 65.2. The molecule has 20 rings (SSSR count). The van der Waals surface area contributed by atoms with E-state index in [0.717, 1.165) is 88.9 Å². The Kier molecular flexibility index (Phi) is 19.9. The van der Waals surface area contributed by atoms with Gasteiger partial charge < -0.3 is 19.6 Å². The Morgan fingerprint density at radius 2 is 0.435 bits per heavy atom. The van der Waals surface area contributed by atoms with Gasteiger partial charge in [-0.05, 0) is 188 Å². The number of halogens is 8. The summed E-state index contributed by atoms with van der Waals surface area (Å²) in [6.45, 7) is 0. The van der Waals surface area contributed by atoms with Crippen molar-refractivity contribution in [3.63, 3.8) is 0 Å². The predicted molar refractivity (Wildman–Crippen MR) is 479 cm³/mol. The van der Waals surface area contributed by atoms with Crippen LogP contribution in [-0.2, 0) is 0 Å². The fourth-order valence-corrected chi connectivity index (χ4v) is 17.1. The van der Waals surface area contributed by atoms with Gasteiger partial charge in [-0.2, -0.15) is 21.0 Å². The Bertz CT molecular complexity index is 7360. The highest BCUT2D eigenvalue weighted by Gasteiger charge is 2.31. The standard InChI is InChI=1S/2C54H30F4N4/c55-45-29-47(57)51(27-43(45)37-11-7-9-33(25-37)31-59)61(39-13-3-1-4-14-39)49-23-19-35-18-22-42-50(24-20-36-17-21-41(49)53(35)54(36)42)62(40-15-5-2-6-16-40)52-28-44(46(56)30-48(52)58)38-12-8-10-34(26-38)32-60;55-45-29-47(57)51(27-43(45)39-17-9-7-11-35(39)31-59)61(37-13-3-1-4-14-37)49-25-21-33-20-24-42-50(26-22-34-19-23-41(49)53(33)54(34)42)62(38-15-5-2-6-16-38)52-28-44(46(56)30-48(52)58)40-18-10-8-12-36(40)32-60/h2*1-30H. The summed E-state index contributed by atoms with van der Waals surface area (Å²) in [7, 11) is 0. The molecule has 0 saturated heterocycles. The van der Waals surface area contributed by atoms with E-state index in [1.165, 1.54) is 24.3 Å². The smallest absolute Gasteiger partial charge is 0.150 e. The van der Waals surface area contributed by atoms with Gasteiger partial charge in [0, 0.05) is 102 Å². The Morgan fingerprint density at radius 1 is 0.185 bits per heavy atom. The van der Waals surface area contributed by atoms with Crippen LogP contribution in [0.1, 0.15) is 22.3 Å². The number of hydrogen-bond acceptors (Lipinski definition) is 8. The van der Waals surface area contributed by atoms with E-state index >= 15 is 35.1 Å². The highest BCUT2D eigenvalue weighted by atomic mass is 19.2. The molecule has 0 atom stereocenters. The Hall–Kier alpha value is -16.9. The van der Waals surface area contributed by atoms with E-state index in [-0.39, 0.29) is 56.1 Å². The van der Waals surface area contributed by atoms with Gasteiger partial charge in [0.1, 0.15) is 46.5 Å².